The monoisotopic (exact) mass is 444 g/mol. The van der Waals surface area contributed by atoms with Gasteiger partial charge in [-0.15, -0.1) is 0 Å². The van der Waals surface area contributed by atoms with Gasteiger partial charge in [-0.2, -0.15) is 39.5 Å². The Kier molecular flexibility index (Phi) is 6.49. The molecule has 28 heavy (non-hydrogen) atoms. The van der Waals surface area contributed by atoms with Crippen LogP contribution in [0.5, 0.6) is 0 Å². The van der Waals surface area contributed by atoms with Crippen molar-refractivity contribution >= 4 is 21.9 Å². The lowest BCUT2D eigenvalue weighted by Gasteiger charge is -2.21. The summed E-state index contributed by atoms with van der Waals surface area (Å²) in [6, 6.07) is -0.182. The third-order valence-electron chi connectivity index (χ3n) is 3.05. The van der Waals surface area contributed by atoms with Crippen molar-refractivity contribution in [1.82, 2.24) is 0 Å². The number of alkyl halides is 9. The van der Waals surface area contributed by atoms with Crippen LogP contribution in [0.2, 0.25) is 0 Å². The van der Waals surface area contributed by atoms with Gasteiger partial charge in [-0.1, -0.05) is 6.07 Å². The molecule has 0 fully saturated rings. The zero-order valence-corrected chi connectivity index (χ0v) is 14.3. The maximum absolute atomic E-state index is 13.3. The molecule has 0 heterocycles. The van der Waals surface area contributed by atoms with Crippen molar-refractivity contribution in [2.45, 2.75) is 29.7 Å². The minimum atomic E-state index is -6.77. The molecule has 0 atom stereocenters. The topological polar surface area (TPSA) is 60.4 Å². The van der Waals surface area contributed by atoms with E-state index in [2.05, 4.69) is 4.74 Å². The van der Waals surface area contributed by atoms with Crippen molar-refractivity contribution < 1.29 is 57.5 Å². The van der Waals surface area contributed by atoms with E-state index in [9.17, 15) is 52.7 Å². The lowest BCUT2D eigenvalue weighted by molar-refractivity contribution is -0.164. The maximum Gasteiger partial charge on any atom is 0.501 e. The van der Waals surface area contributed by atoms with Crippen LogP contribution in [0.15, 0.2) is 23.1 Å². The molecule has 158 valence electrons. The van der Waals surface area contributed by atoms with Crippen LogP contribution < -0.4 is 0 Å². The third kappa shape index (κ3) is 4.97. The Balaban J connectivity index is 3.96. The van der Waals surface area contributed by atoms with Crippen LogP contribution in [0.3, 0.4) is 0 Å². The molecule has 0 aromatic heterocycles. The van der Waals surface area contributed by atoms with Crippen LogP contribution in [0.4, 0.5) is 39.5 Å². The predicted molar refractivity (Wildman–Crippen MR) is 75.4 cm³/mol. The second-order valence-corrected chi connectivity index (χ2v) is 6.84. The highest BCUT2D eigenvalue weighted by Gasteiger charge is 2.54. The smallest absolute Gasteiger partial charge is 0.463 e. The molecule has 0 saturated heterocycles. The normalized spacial score (nSPS) is 13.8. The van der Waals surface area contributed by atoms with Crippen molar-refractivity contribution in [3.05, 3.63) is 34.9 Å². The molecular formula is C14H9F9O4S. The van der Waals surface area contributed by atoms with Crippen LogP contribution in [0.25, 0.3) is 6.08 Å². The minimum Gasteiger partial charge on any atom is -0.463 e. The summed E-state index contributed by atoms with van der Waals surface area (Å²) in [4.78, 5) is 8.56. The van der Waals surface area contributed by atoms with Crippen molar-refractivity contribution in [1.29, 1.82) is 0 Å². The molecule has 0 radical (unpaired) electrons. The molecule has 0 amide bonds. The van der Waals surface area contributed by atoms with E-state index >= 15 is 0 Å². The molecule has 14 heteroatoms. The van der Waals surface area contributed by atoms with Gasteiger partial charge in [-0.3, -0.25) is 0 Å². The Hall–Kier alpha value is -2.25. The molecular weight excluding hydrogens is 435 g/mol. The van der Waals surface area contributed by atoms with Crippen LogP contribution in [-0.2, 0) is 31.7 Å². The summed E-state index contributed by atoms with van der Waals surface area (Å²) in [6.07, 6.45) is -11.5. The fourth-order valence-electron chi connectivity index (χ4n) is 2.02. The average Bonchev–Trinajstić information content (AvgIpc) is 2.49. The number of rotatable bonds is 4. The zero-order chi connectivity index (χ0) is 22.1. The molecule has 1 aromatic rings. The number of benzene rings is 1. The fourth-order valence-corrected chi connectivity index (χ4v) is 3.01. The lowest BCUT2D eigenvalue weighted by atomic mass is 9.99. The predicted octanol–water partition coefficient (Wildman–Crippen LogP) is 4.59. The summed E-state index contributed by atoms with van der Waals surface area (Å²) in [6.45, 7) is 1.11. The number of esters is 1. The Bertz CT molecular complexity index is 878. The number of carbonyl (C=O) groups is 1. The lowest BCUT2D eigenvalue weighted by Crippen LogP contribution is -2.29. The second-order valence-electron chi connectivity index (χ2n) is 4.93. The summed E-state index contributed by atoms with van der Waals surface area (Å²) in [7, 11) is -6.77. The fraction of sp³-hybridized carbons (Fsp3) is 0.357. The number of hydrogen-bond acceptors (Lipinski definition) is 4. The molecule has 0 N–H and O–H groups in total. The number of halogens is 9. The molecule has 1 rings (SSSR count). The average molecular weight is 444 g/mol. The summed E-state index contributed by atoms with van der Waals surface area (Å²) >= 11 is 0. The van der Waals surface area contributed by atoms with Gasteiger partial charge in [0.05, 0.1) is 22.6 Å². The standard InChI is InChI=1S/C14H9F9O4S/c1-2-27-9(24)6-4-7-3-5-8(28(25,26)14(21,22)23)11(13(18,19)20)10(7)12(15,16)17/h3-6H,2H2,1H3. The van der Waals surface area contributed by atoms with Gasteiger partial charge in [-0.05, 0) is 24.6 Å². The highest BCUT2D eigenvalue weighted by molar-refractivity contribution is 7.92. The van der Waals surface area contributed by atoms with Gasteiger partial charge in [-0.25, -0.2) is 13.2 Å². The second kappa shape index (κ2) is 7.64. The number of sulfone groups is 1. The SMILES string of the molecule is CCOC(=O)C=Cc1ccc(S(=O)(=O)C(F)(F)F)c(C(F)(F)F)c1C(F)(F)F. The molecule has 0 unspecified atom stereocenters. The highest BCUT2D eigenvalue weighted by Crippen LogP contribution is 2.47. The molecule has 0 aliphatic heterocycles. The molecule has 0 aliphatic rings. The van der Waals surface area contributed by atoms with Gasteiger partial charge in [0.25, 0.3) is 9.84 Å². The van der Waals surface area contributed by atoms with Crippen molar-refractivity contribution in [2.24, 2.45) is 0 Å². The van der Waals surface area contributed by atoms with E-state index in [0.29, 0.717) is 6.08 Å². The Morgan fingerprint density at radius 2 is 1.46 bits per heavy atom. The first kappa shape index (κ1) is 23.8. The van der Waals surface area contributed by atoms with Crippen LogP contribution >= 0.6 is 0 Å². The van der Waals surface area contributed by atoms with Crippen molar-refractivity contribution in [3.63, 3.8) is 0 Å². The molecule has 0 spiro atoms. The quantitative estimate of drug-likeness (QED) is 0.387. The van der Waals surface area contributed by atoms with Gasteiger partial charge in [0, 0.05) is 6.08 Å². The van der Waals surface area contributed by atoms with E-state index in [4.69, 9.17) is 0 Å². The molecule has 0 bridgehead atoms. The summed E-state index contributed by atoms with van der Waals surface area (Å²) in [5.74, 6) is -1.24. The number of hydrogen-bond donors (Lipinski definition) is 0. The minimum absolute atomic E-state index is 0.0758. The van der Waals surface area contributed by atoms with E-state index in [-0.39, 0.29) is 24.8 Å². The maximum atomic E-state index is 13.3. The van der Waals surface area contributed by atoms with Gasteiger partial charge in [0.1, 0.15) is 0 Å². The summed E-state index contributed by atoms with van der Waals surface area (Å²) in [5.41, 5.74) is -13.4. The molecule has 0 saturated carbocycles. The molecule has 4 nitrogen and oxygen atoms in total. The van der Waals surface area contributed by atoms with Gasteiger partial charge in [0.2, 0.25) is 0 Å². The van der Waals surface area contributed by atoms with E-state index in [1.165, 1.54) is 6.92 Å². The molecule has 1 aromatic carbocycles. The Morgan fingerprint density at radius 1 is 0.964 bits per heavy atom. The van der Waals surface area contributed by atoms with E-state index < -0.39 is 55.3 Å². The summed E-state index contributed by atoms with van der Waals surface area (Å²) in [5, 5.41) is 0. The van der Waals surface area contributed by atoms with Crippen LogP contribution in [0, 0.1) is 0 Å². The number of ether oxygens (including phenoxy) is 1. The van der Waals surface area contributed by atoms with Crippen LogP contribution in [0.1, 0.15) is 23.6 Å². The number of carbonyl (C=O) groups excluding carboxylic acids is 1. The highest BCUT2D eigenvalue weighted by atomic mass is 32.2. The van der Waals surface area contributed by atoms with Gasteiger partial charge >= 0.3 is 23.8 Å². The molecule has 0 aliphatic carbocycles. The van der Waals surface area contributed by atoms with E-state index in [0.717, 1.165) is 0 Å². The first-order valence-corrected chi connectivity index (χ1v) is 8.40. The zero-order valence-electron chi connectivity index (χ0n) is 13.5. The Morgan fingerprint density at radius 3 is 1.86 bits per heavy atom. The summed E-state index contributed by atoms with van der Waals surface area (Å²) < 4.78 is 144. The third-order valence-corrected chi connectivity index (χ3v) is 4.57. The van der Waals surface area contributed by atoms with Crippen molar-refractivity contribution in [2.75, 3.05) is 6.61 Å². The first-order valence-electron chi connectivity index (χ1n) is 6.92. The Labute approximate surface area is 151 Å². The van der Waals surface area contributed by atoms with E-state index in [1.54, 1.807) is 0 Å². The largest absolute Gasteiger partial charge is 0.501 e. The first-order chi connectivity index (χ1) is 12.4. The van der Waals surface area contributed by atoms with E-state index in [1.807, 2.05) is 0 Å². The van der Waals surface area contributed by atoms with Gasteiger partial charge < -0.3 is 4.74 Å². The van der Waals surface area contributed by atoms with Crippen molar-refractivity contribution in [3.8, 4) is 0 Å². The van der Waals surface area contributed by atoms with Crippen LogP contribution in [-0.4, -0.2) is 26.5 Å². The van der Waals surface area contributed by atoms with Gasteiger partial charge in [0.15, 0.2) is 0 Å².